The number of alkyl carbamates (subject to hydrolysis) is 2. The monoisotopic (exact) mass is 300 g/mol. The molecule has 7 nitrogen and oxygen atoms in total. The Balaban J connectivity index is 1.93. The first kappa shape index (κ1) is 15.9. The summed E-state index contributed by atoms with van der Waals surface area (Å²) in [5.74, 6) is 0.945. The number of rotatable bonds is 5. The van der Waals surface area contributed by atoms with Crippen LogP contribution in [-0.2, 0) is 14.2 Å². The molecule has 0 aromatic heterocycles. The number of epoxide rings is 1. The SMILES string of the molecule is CNC(=O)OC[C@@H]1[C@H](C)CC[C@@H]1C1(COC(=O)NC)CO1. The third-order valence-electron chi connectivity index (χ3n) is 4.63. The summed E-state index contributed by atoms with van der Waals surface area (Å²) in [5, 5.41) is 4.88. The Labute approximate surface area is 124 Å². The Bertz CT molecular complexity index is 397. The minimum atomic E-state index is -0.450. The van der Waals surface area contributed by atoms with Crippen molar-refractivity contribution in [3.8, 4) is 0 Å². The largest absolute Gasteiger partial charge is 0.449 e. The van der Waals surface area contributed by atoms with Gasteiger partial charge in [0.25, 0.3) is 0 Å². The summed E-state index contributed by atoms with van der Waals surface area (Å²) in [7, 11) is 3.07. The molecular weight excluding hydrogens is 276 g/mol. The first-order valence-electron chi connectivity index (χ1n) is 7.35. The van der Waals surface area contributed by atoms with E-state index in [0.717, 1.165) is 12.8 Å². The molecule has 0 spiro atoms. The molecule has 0 aromatic rings. The van der Waals surface area contributed by atoms with Crippen molar-refractivity contribution in [2.45, 2.75) is 25.4 Å². The molecule has 120 valence electrons. The highest BCUT2D eigenvalue weighted by molar-refractivity contribution is 5.67. The Morgan fingerprint density at radius 1 is 1.19 bits per heavy atom. The van der Waals surface area contributed by atoms with Crippen LogP contribution in [0.1, 0.15) is 19.8 Å². The van der Waals surface area contributed by atoms with Crippen molar-refractivity contribution in [1.29, 1.82) is 0 Å². The summed E-state index contributed by atoms with van der Waals surface area (Å²) < 4.78 is 16.0. The highest BCUT2D eigenvalue weighted by Crippen LogP contribution is 2.50. The maximum absolute atomic E-state index is 11.3. The van der Waals surface area contributed by atoms with Crippen LogP contribution in [0.2, 0.25) is 0 Å². The van der Waals surface area contributed by atoms with E-state index in [1.54, 1.807) is 7.05 Å². The van der Waals surface area contributed by atoms with Crippen molar-refractivity contribution in [3.63, 3.8) is 0 Å². The van der Waals surface area contributed by atoms with Crippen LogP contribution >= 0.6 is 0 Å². The Hall–Kier alpha value is -1.50. The highest BCUT2D eigenvalue weighted by atomic mass is 16.6. The molecule has 1 unspecified atom stereocenters. The van der Waals surface area contributed by atoms with Crippen LogP contribution < -0.4 is 10.6 Å². The third kappa shape index (κ3) is 3.58. The second kappa shape index (κ2) is 6.51. The molecular formula is C14H24N2O5. The first-order chi connectivity index (χ1) is 10.0. The van der Waals surface area contributed by atoms with E-state index >= 15 is 0 Å². The molecule has 2 aliphatic rings. The van der Waals surface area contributed by atoms with Gasteiger partial charge < -0.3 is 24.8 Å². The van der Waals surface area contributed by atoms with Crippen molar-refractivity contribution in [2.24, 2.45) is 17.8 Å². The molecule has 0 bridgehead atoms. The topological polar surface area (TPSA) is 89.2 Å². The molecule has 1 saturated carbocycles. The number of hydrogen-bond acceptors (Lipinski definition) is 5. The predicted octanol–water partition coefficient (Wildman–Crippen LogP) is 1.13. The maximum Gasteiger partial charge on any atom is 0.406 e. The summed E-state index contributed by atoms with van der Waals surface area (Å²) in [6.07, 6.45) is 1.20. The zero-order valence-corrected chi connectivity index (χ0v) is 12.8. The minimum absolute atomic E-state index is 0.234. The van der Waals surface area contributed by atoms with Crippen LogP contribution in [0, 0.1) is 17.8 Å². The number of carbonyl (C=O) groups is 2. The molecule has 2 rings (SSSR count). The molecule has 21 heavy (non-hydrogen) atoms. The smallest absolute Gasteiger partial charge is 0.406 e. The second-order valence-corrected chi connectivity index (χ2v) is 5.85. The van der Waals surface area contributed by atoms with Crippen molar-refractivity contribution in [3.05, 3.63) is 0 Å². The van der Waals surface area contributed by atoms with Crippen LogP contribution in [0.25, 0.3) is 0 Å². The van der Waals surface area contributed by atoms with E-state index in [0.29, 0.717) is 19.1 Å². The molecule has 0 aromatic carbocycles. The van der Waals surface area contributed by atoms with Gasteiger partial charge in [-0.1, -0.05) is 6.92 Å². The zero-order chi connectivity index (χ0) is 15.5. The Morgan fingerprint density at radius 2 is 1.81 bits per heavy atom. The quantitative estimate of drug-likeness (QED) is 0.743. The van der Waals surface area contributed by atoms with E-state index in [2.05, 4.69) is 17.6 Å². The molecule has 4 atom stereocenters. The van der Waals surface area contributed by atoms with Crippen LogP contribution in [0.15, 0.2) is 0 Å². The van der Waals surface area contributed by atoms with Crippen LogP contribution in [0.5, 0.6) is 0 Å². The molecule has 1 saturated heterocycles. The van der Waals surface area contributed by atoms with Gasteiger partial charge in [0.15, 0.2) is 0 Å². The highest BCUT2D eigenvalue weighted by Gasteiger charge is 2.57. The van der Waals surface area contributed by atoms with Crippen molar-refractivity contribution in [2.75, 3.05) is 33.9 Å². The molecule has 7 heteroatoms. The van der Waals surface area contributed by atoms with Gasteiger partial charge in [-0.3, -0.25) is 0 Å². The average Bonchev–Trinajstić information content (AvgIpc) is 3.19. The molecule has 2 fully saturated rings. The number of carbonyl (C=O) groups excluding carboxylic acids is 2. The number of hydrogen-bond donors (Lipinski definition) is 2. The van der Waals surface area contributed by atoms with E-state index in [1.807, 2.05) is 0 Å². The summed E-state index contributed by atoms with van der Waals surface area (Å²) in [4.78, 5) is 22.5. The van der Waals surface area contributed by atoms with Gasteiger partial charge in [0.2, 0.25) is 0 Å². The molecule has 1 aliphatic carbocycles. The normalized spacial score (nSPS) is 34.1. The molecule has 1 heterocycles. The van der Waals surface area contributed by atoms with Gasteiger partial charge in [-0.15, -0.1) is 0 Å². The van der Waals surface area contributed by atoms with Gasteiger partial charge in [-0.25, -0.2) is 9.59 Å². The second-order valence-electron chi connectivity index (χ2n) is 5.85. The number of nitrogens with one attached hydrogen (secondary N) is 2. The van der Waals surface area contributed by atoms with Crippen molar-refractivity contribution < 1.29 is 23.8 Å². The first-order valence-corrected chi connectivity index (χ1v) is 7.35. The fourth-order valence-corrected chi connectivity index (χ4v) is 3.20. The average molecular weight is 300 g/mol. The van der Waals surface area contributed by atoms with Crippen molar-refractivity contribution >= 4 is 12.2 Å². The van der Waals surface area contributed by atoms with E-state index in [-0.39, 0.29) is 18.4 Å². The van der Waals surface area contributed by atoms with Gasteiger partial charge in [-0.2, -0.15) is 0 Å². The maximum atomic E-state index is 11.3. The van der Waals surface area contributed by atoms with E-state index < -0.39 is 17.8 Å². The fourth-order valence-electron chi connectivity index (χ4n) is 3.20. The standard InChI is InChI=1S/C14H24N2O5/c1-9-4-5-11(10(9)6-19-12(17)15-2)14(8-21-14)7-20-13(18)16-3/h9-11H,4-8H2,1-3H3,(H,15,17)(H,16,18)/t9-,10-,11+,14?/m1/s1. The van der Waals surface area contributed by atoms with Gasteiger partial charge >= 0.3 is 12.2 Å². The summed E-state index contributed by atoms with van der Waals surface area (Å²) in [5.41, 5.74) is -0.395. The minimum Gasteiger partial charge on any atom is -0.449 e. The van der Waals surface area contributed by atoms with Crippen molar-refractivity contribution in [1.82, 2.24) is 10.6 Å². The van der Waals surface area contributed by atoms with E-state index in [9.17, 15) is 9.59 Å². The number of amides is 2. The molecule has 2 amide bonds. The predicted molar refractivity (Wildman–Crippen MR) is 74.9 cm³/mol. The molecule has 2 N–H and O–H groups in total. The van der Waals surface area contributed by atoms with Gasteiger partial charge in [-0.05, 0) is 24.7 Å². The Kier molecular flexibility index (Phi) is 4.92. The summed E-state index contributed by atoms with van der Waals surface area (Å²) in [6, 6.07) is 0. The van der Waals surface area contributed by atoms with Gasteiger partial charge in [0.05, 0.1) is 13.2 Å². The van der Waals surface area contributed by atoms with Crippen LogP contribution in [-0.4, -0.2) is 51.7 Å². The van der Waals surface area contributed by atoms with Crippen LogP contribution in [0.3, 0.4) is 0 Å². The zero-order valence-electron chi connectivity index (χ0n) is 12.8. The van der Waals surface area contributed by atoms with Gasteiger partial charge in [0, 0.05) is 20.0 Å². The third-order valence-corrected chi connectivity index (χ3v) is 4.63. The summed E-state index contributed by atoms with van der Waals surface area (Å²) in [6.45, 7) is 3.38. The number of ether oxygens (including phenoxy) is 3. The fraction of sp³-hybridized carbons (Fsp3) is 0.857. The molecule has 0 radical (unpaired) electrons. The molecule has 1 aliphatic heterocycles. The Morgan fingerprint density at radius 3 is 2.38 bits per heavy atom. The summed E-state index contributed by atoms with van der Waals surface area (Å²) >= 11 is 0. The lowest BCUT2D eigenvalue weighted by molar-refractivity contribution is 0.0472. The van der Waals surface area contributed by atoms with Gasteiger partial charge in [0.1, 0.15) is 12.2 Å². The lowest BCUT2D eigenvalue weighted by atomic mass is 9.82. The van der Waals surface area contributed by atoms with E-state index in [1.165, 1.54) is 7.05 Å². The lowest BCUT2D eigenvalue weighted by Gasteiger charge is -2.27. The van der Waals surface area contributed by atoms with E-state index in [4.69, 9.17) is 14.2 Å². The van der Waals surface area contributed by atoms with Crippen LogP contribution in [0.4, 0.5) is 9.59 Å². The lowest BCUT2D eigenvalue weighted by Crippen LogP contribution is -2.38.